The first-order valence-corrected chi connectivity index (χ1v) is 10.2. The second-order valence-corrected chi connectivity index (χ2v) is 7.61. The summed E-state index contributed by atoms with van der Waals surface area (Å²) in [4.78, 5) is 35.5. The van der Waals surface area contributed by atoms with Gasteiger partial charge >= 0.3 is 0 Å². The predicted octanol–water partition coefficient (Wildman–Crippen LogP) is 1.73. The van der Waals surface area contributed by atoms with Crippen molar-refractivity contribution in [3.63, 3.8) is 0 Å². The zero-order valence-corrected chi connectivity index (χ0v) is 17.5. The van der Waals surface area contributed by atoms with Gasteiger partial charge in [0, 0.05) is 12.5 Å². The molecule has 2 aromatic rings. The number of unbranched alkanes of at least 4 members (excludes halogenated alkanes) is 1. The van der Waals surface area contributed by atoms with Crippen molar-refractivity contribution in [1.82, 2.24) is 19.5 Å². The van der Waals surface area contributed by atoms with Crippen LogP contribution in [0.2, 0.25) is 0 Å². The third-order valence-electron chi connectivity index (χ3n) is 5.05. The van der Waals surface area contributed by atoms with Crippen LogP contribution < -0.4 is 10.9 Å². The van der Waals surface area contributed by atoms with Crippen LogP contribution in [0.3, 0.4) is 0 Å². The van der Waals surface area contributed by atoms with E-state index in [1.807, 2.05) is 13.0 Å². The van der Waals surface area contributed by atoms with E-state index in [1.54, 1.807) is 18.4 Å². The molecule has 10 nitrogen and oxygen atoms in total. The smallest absolute Gasteiger partial charge is 0.280 e. The molecule has 164 valence electrons. The molecule has 0 saturated carbocycles. The number of H-pyrrole nitrogens is 1. The Morgan fingerprint density at radius 2 is 2.30 bits per heavy atom. The lowest BCUT2D eigenvalue weighted by atomic mass is 10.1. The fourth-order valence-corrected chi connectivity index (χ4v) is 3.34. The Hall–Kier alpha value is -2.56. The number of amides is 1. The second-order valence-electron chi connectivity index (χ2n) is 7.61. The van der Waals surface area contributed by atoms with Gasteiger partial charge in [-0.15, -0.1) is 6.58 Å². The molecule has 1 fully saturated rings. The maximum absolute atomic E-state index is 12.4. The fraction of sp³-hybridized carbons (Fsp3) is 0.600. The van der Waals surface area contributed by atoms with Gasteiger partial charge in [-0.05, 0) is 19.3 Å². The molecule has 1 unspecified atom stereocenters. The highest BCUT2D eigenvalue weighted by molar-refractivity contribution is 5.91. The molecule has 30 heavy (non-hydrogen) atoms. The van der Waals surface area contributed by atoms with Crippen molar-refractivity contribution in [2.45, 2.75) is 64.6 Å². The second kappa shape index (κ2) is 9.50. The van der Waals surface area contributed by atoms with Crippen molar-refractivity contribution in [3.8, 4) is 0 Å². The van der Waals surface area contributed by atoms with Crippen molar-refractivity contribution in [1.29, 1.82) is 0 Å². The van der Waals surface area contributed by atoms with Crippen molar-refractivity contribution in [2.75, 3.05) is 11.9 Å². The summed E-state index contributed by atoms with van der Waals surface area (Å²) in [6, 6.07) is 0. The van der Waals surface area contributed by atoms with Crippen LogP contribution in [0, 0.1) is 5.92 Å². The van der Waals surface area contributed by atoms with Crippen LogP contribution in [-0.4, -0.2) is 55.5 Å². The lowest BCUT2D eigenvalue weighted by molar-refractivity contribution is -0.118. The van der Waals surface area contributed by atoms with Crippen LogP contribution in [0.1, 0.15) is 46.3 Å². The molecule has 0 spiro atoms. The Balaban J connectivity index is 1.94. The monoisotopic (exact) mass is 419 g/mol. The third kappa shape index (κ3) is 4.45. The number of carbonyl (C=O) groups is 1. The minimum atomic E-state index is -0.830. The van der Waals surface area contributed by atoms with Crippen LogP contribution in [-0.2, 0) is 14.3 Å². The molecular weight excluding hydrogens is 390 g/mol. The van der Waals surface area contributed by atoms with Gasteiger partial charge in [-0.3, -0.25) is 24.5 Å². The molecular formula is C20H29N5O5. The van der Waals surface area contributed by atoms with Crippen LogP contribution in [0.25, 0.3) is 11.2 Å². The Bertz CT molecular complexity index is 953. The van der Waals surface area contributed by atoms with Gasteiger partial charge in [0.25, 0.3) is 5.56 Å². The summed E-state index contributed by atoms with van der Waals surface area (Å²) in [5.74, 6) is -0.518. The fourth-order valence-electron chi connectivity index (χ4n) is 3.34. The largest absolute Gasteiger partial charge is 0.388 e. The van der Waals surface area contributed by atoms with Gasteiger partial charge in [-0.1, -0.05) is 26.8 Å². The first kappa shape index (κ1) is 22.1. The topological polar surface area (TPSA) is 131 Å². The lowest BCUT2D eigenvalue weighted by Crippen LogP contribution is -2.34. The number of aromatic nitrogens is 4. The van der Waals surface area contributed by atoms with Gasteiger partial charge < -0.3 is 14.6 Å². The van der Waals surface area contributed by atoms with Crippen molar-refractivity contribution in [2.24, 2.45) is 5.92 Å². The molecule has 1 saturated heterocycles. The zero-order chi connectivity index (χ0) is 21.8. The van der Waals surface area contributed by atoms with E-state index >= 15 is 0 Å². The van der Waals surface area contributed by atoms with Gasteiger partial charge in [-0.25, -0.2) is 4.98 Å². The number of hydrogen-bond donors (Lipinski definition) is 3. The van der Waals surface area contributed by atoms with E-state index < -0.39 is 30.1 Å². The molecule has 3 rings (SSSR count). The molecule has 0 bridgehead atoms. The molecule has 3 heterocycles. The summed E-state index contributed by atoms with van der Waals surface area (Å²) >= 11 is 0. The van der Waals surface area contributed by atoms with Crippen molar-refractivity contribution in [3.05, 3.63) is 29.3 Å². The van der Waals surface area contributed by atoms with E-state index in [4.69, 9.17) is 9.47 Å². The highest BCUT2D eigenvalue weighted by atomic mass is 16.6. The van der Waals surface area contributed by atoms with Gasteiger partial charge in [0.05, 0.1) is 12.4 Å². The number of hydrogen-bond acceptors (Lipinski definition) is 7. The average molecular weight is 419 g/mol. The number of carbonyl (C=O) groups excluding carboxylic acids is 1. The van der Waals surface area contributed by atoms with E-state index in [2.05, 4.69) is 26.8 Å². The SMILES string of the molecule is C=CCCCO[C@H]1C(O)[C@@H](CC)O[C@H]1n1cnc2c(=O)[nH]c(NC(=O)C(C)C)nc21. The molecule has 4 atom stereocenters. The van der Waals surface area contributed by atoms with E-state index in [9.17, 15) is 14.7 Å². The number of nitrogens with one attached hydrogen (secondary N) is 2. The summed E-state index contributed by atoms with van der Waals surface area (Å²) in [6.45, 7) is 9.52. The number of nitrogens with zero attached hydrogens (tertiary/aromatic N) is 3. The Morgan fingerprint density at radius 3 is 2.97 bits per heavy atom. The number of aromatic amines is 1. The summed E-state index contributed by atoms with van der Waals surface area (Å²) < 4.78 is 13.5. The molecule has 2 aromatic heterocycles. The summed E-state index contributed by atoms with van der Waals surface area (Å²) in [6.07, 6.45) is 2.82. The van der Waals surface area contributed by atoms with Gasteiger partial charge in [0.15, 0.2) is 17.4 Å². The van der Waals surface area contributed by atoms with Gasteiger partial charge in [-0.2, -0.15) is 4.98 Å². The standard InChI is InChI=1S/C20H29N5O5/c1-5-7-8-9-29-15-14(26)12(6-2)30-19(15)25-10-21-13-16(25)22-20(24-18(13)28)23-17(27)11(3)4/h5,10-12,14-15,19,26H,1,6-9H2,2-4H3,(H2,22,23,24,27,28)/t12-,14?,15+,19-/m1/s1. The molecule has 0 radical (unpaired) electrons. The third-order valence-corrected chi connectivity index (χ3v) is 5.05. The molecule has 1 aliphatic rings. The first-order valence-electron chi connectivity index (χ1n) is 10.2. The predicted molar refractivity (Wildman–Crippen MR) is 111 cm³/mol. The molecule has 0 aliphatic carbocycles. The molecule has 1 aliphatic heterocycles. The van der Waals surface area contributed by atoms with Crippen LogP contribution >= 0.6 is 0 Å². The number of aliphatic hydroxyl groups excluding tert-OH is 1. The van der Waals surface area contributed by atoms with E-state index in [0.717, 1.165) is 12.8 Å². The summed E-state index contributed by atoms with van der Waals surface area (Å²) in [5.41, 5.74) is -0.126. The van der Waals surface area contributed by atoms with Crippen LogP contribution in [0.4, 0.5) is 5.95 Å². The van der Waals surface area contributed by atoms with E-state index in [0.29, 0.717) is 13.0 Å². The maximum Gasteiger partial charge on any atom is 0.280 e. The minimum Gasteiger partial charge on any atom is -0.388 e. The quantitative estimate of drug-likeness (QED) is 0.417. The van der Waals surface area contributed by atoms with Crippen LogP contribution in [0.5, 0.6) is 0 Å². The minimum absolute atomic E-state index is 0.0296. The van der Waals surface area contributed by atoms with Crippen molar-refractivity contribution < 1.29 is 19.4 Å². The Morgan fingerprint density at radius 1 is 1.53 bits per heavy atom. The number of ether oxygens (including phenoxy) is 2. The van der Waals surface area contributed by atoms with E-state index in [1.165, 1.54) is 6.33 Å². The lowest BCUT2D eigenvalue weighted by Gasteiger charge is -2.22. The van der Waals surface area contributed by atoms with Gasteiger partial charge in [0.2, 0.25) is 11.9 Å². The highest BCUT2D eigenvalue weighted by Crippen LogP contribution is 2.34. The Kier molecular flexibility index (Phi) is 7.01. The van der Waals surface area contributed by atoms with Crippen LogP contribution in [0.15, 0.2) is 23.8 Å². The number of aliphatic hydroxyl groups is 1. The molecule has 3 N–H and O–H groups in total. The normalized spacial score (nSPS) is 23.9. The molecule has 10 heteroatoms. The summed E-state index contributed by atoms with van der Waals surface area (Å²) in [5, 5.41) is 13.3. The number of fused-ring (bicyclic) bond motifs is 1. The molecule has 0 aromatic carbocycles. The summed E-state index contributed by atoms with van der Waals surface area (Å²) in [7, 11) is 0. The Labute approximate surface area is 174 Å². The van der Waals surface area contributed by atoms with Gasteiger partial charge in [0.1, 0.15) is 12.2 Å². The number of imidazole rings is 1. The van der Waals surface area contributed by atoms with Crippen molar-refractivity contribution >= 4 is 23.0 Å². The van der Waals surface area contributed by atoms with E-state index in [-0.39, 0.29) is 28.9 Å². The number of allylic oxidation sites excluding steroid dienone is 1. The zero-order valence-electron chi connectivity index (χ0n) is 17.5. The first-order chi connectivity index (χ1) is 14.4. The average Bonchev–Trinajstić information content (AvgIpc) is 3.26. The molecule has 1 amide bonds. The highest BCUT2D eigenvalue weighted by Gasteiger charge is 2.45. The number of anilines is 1. The number of rotatable bonds is 9. The maximum atomic E-state index is 12.4.